The quantitative estimate of drug-likeness (QED) is 0.0964. The van der Waals surface area contributed by atoms with Crippen molar-refractivity contribution in [3.8, 4) is 33.6 Å². The molecule has 2 bridgehead atoms. The molecule has 3 saturated heterocycles. The number of nitrogens with zero attached hydrogens (tertiary/aromatic N) is 2. The van der Waals surface area contributed by atoms with Crippen molar-refractivity contribution in [2.75, 3.05) is 13.2 Å². The fraction of sp³-hybridized carbons (Fsp3) is 0.565. The summed E-state index contributed by atoms with van der Waals surface area (Å²) >= 11 is 0. The molecule has 6 aliphatic rings. The first-order chi connectivity index (χ1) is 27.6. The number of carbonyl (C=O) groups excluding carboxylic acids is 2. The highest BCUT2D eigenvalue weighted by Gasteiger charge is 2.83. The Kier molecular flexibility index (Phi) is 9.35. The van der Waals surface area contributed by atoms with E-state index in [9.17, 15) is 19.8 Å². The lowest BCUT2D eigenvalue weighted by Crippen LogP contribution is -2.71. The van der Waals surface area contributed by atoms with E-state index in [2.05, 4.69) is 98.5 Å². The van der Waals surface area contributed by atoms with Gasteiger partial charge in [-0.3, -0.25) is 9.59 Å². The van der Waals surface area contributed by atoms with Crippen molar-refractivity contribution in [1.29, 1.82) is 0 Å². The van der Waals surface area contributed by atoms with Gasteiger partial charge in [0, 0.05) is 28.9 Å². The van der Waals surface area contributed by atoms with E-state index in [-0.39, 0.29) is 59.4 Å². The van der Waals surface area contributed by atoms with Crippen LogP contribution in [-0.4, -0.2) is 78.6 Å². The second-order valence-corrected chi connectivity index (χ2v) is 19.8. The predicted octanol–water partition coefficient (Wildman–Crippen LogP) is 6.79. The van der Waals surface area contributed by atoms with E-state index in [1.165, 1.54) is 0 Å². The zero-order valence-electron chi connectivity index (χ0n) is 34.5. The molecule has 2 aromatic heterocycles. The highest BCUT2D eigenvalue weighted by atomic mass is 16.6. The summed E-state index contributed by atoms with van der Waals surface area (Å²) in [6, 6.07) is 15.7. The van der Waals surface area contributed by atoms with Gasteiger partial charge in [0.25, 0.3) is 11.8 Å². The molecule has 0 radical (unpaired) electrons. The van der Waals surface area contributed by atoms with Crippen LogP contribution in [0.2, 0.25) is 0 Å². The fourth-order valence-electron chi connectivity index (χ4n) is 10.8. The number of aliphatic hydroxyl groups is 2. The highest BCUT2D eigenvalue weighted by molar-refractivity contribution is 5.89. The second-order valence-electron chi connectivity index (χ2n) is 19.8. The van der Waals surface area contributed by atoms with Gasteiger partial charge in [-0.2, -0.15) is 0 Å². The minimum Gasteiger partial charge on any atom is -0.393 e. The number of aliphatic hydroxyl groups excluding tert-OH is 2. The van der Waals surface area contributed by atoms with Crippen LogP contribution < -0.4 is 10.6 Å². The lowest BCUT2D eigenvalue weighted by Gasteiger charge is -2.53. The van der Waals surface area contributed by atoms with Gasteiger partial charge in [0.15, 0.2) is 11.2 Å². The van der Waals surface area contributed by atoms with E-state index in [1.54, 1.807) is 0 Å². The number of carbonyl (C=O) groups is 2. The molecule has 3 aliphatic carbocycles. The summed E-state index contributed by atoms with van der Waals surface area (Å²) in [6.07, 6.45) is 10.5. The summed E-state index contributed by atoms with van der Waals surface area (Å²) in [4.78, 5) is 44.3. The molecule has 6 fully saturated rings. The zero-order valence-corrected chi connectivity index (χ0v) is 34.5. The number of H-pyrrole nitrogens is 2. The summed E-state index contributed by atoms with van der Waals surface area (Å²) in [5.74, 6) is 1.27. The number of aromatic nitrogens is 4. The van der Waals surface area contributed by atoms with E-state index < -0.39 is 23.3 Å². The number of hydrogen-bond acceptors (Lipinski definition) is 8. The maximum Gasteiger partial charge on any atom is 0.255 e. The van der Waals surface area contributed by atoms with Crippen LogP contribution in [-0.2, 0) is 19.1 Å². The van der Waals surface area contributed by atoms with Crippen LogP contribution in [0.25, 0.3) is 33.6 Å². The number of aromatic amines is 2. The molecule has 12 heteroatoms. The third kappa shape index (κ3) is 6.16. The molecule has 10 rings (SSSR count). The Morgan fingerprint density at radius 3 is 1.59 bits per heavy atom. The minimum absolute atomic E-state index is 0.00828. The van der Waals surface area contributed by atoms with Gasteiger partial charge >= 0.3 is 0 Å². The average Bonchev–Trinajstić information content (AvgIpc) is 3.46. The van der Waals surface area contributed by atoms with Crippen LogP contribution in [0, 0.1) is 28.1 Å². The smallest absolute Gasteiger partial charge is 0.255 e. The first-order valence-corrected chi connectivity index (χ1v) is 21.1. The normalized spacial score (nSPS) is 30.8. The van der Waals surface area contributed by atoms with Gasteiger partial charge in [-0.25, -0.2) is 9.97 Å². The number of fused-ring (bicyclic) bond motifs is 3. The molecule has 4 aromatic rings. The van der Waals surface area contributed by atoms with Crippen LogP contribution in [0.4, 0.5) is 0 Å². The molecule has 5 unspecified atom stereocenters. The number of nitrogens with one attached hydrogen (secondary N) is 4. The SMILES string of the molecule is CC(C)(C)[C@H](NC(=O)C1(CO)OC2CCC1CC2)c1nc(-c2ccc(-c3ccc(-c4c[nH]c([C@@H](NC(=O)C5(CO)OC6CCC7CC765)C(C)(C)C)n4)cc3)cc2)c[nH]1. The van der Waals surface area contributed by atoms with Gasteiger partial charge in [-0.05, 0) is 78.7 Å². The lowest BCUT2D eigenvalue weighted by atomic mass is 9.71. The largest absolute Gasteiger partial charge is 0.393 e. The molecular formula is C46H58N6O6. The van der Waals surface area contributed by atoms with Crippen LogP contribution in [0.15, 0.2) is 60.9 Å². The fourth-order valence-corrected chi connectivity index (χ4v) is 10.8. The second kappa shape index (κ2) is 13.9. The van der Waals surface area contributed by atoms with E-state index in [4.69, 9.17) is 19.4 Å². The van der Waals surface area contributed by atoms with Crippen LogP contribution in [0.3, 0.4) is 0 Å². The van der Waals surface area contributed by atoms with Crippen molar-refractivity contribution in [2.24, 2.45) is 28.1 Å². The molecule has 2 aromatic carbocycles. The molecule has 5 heterocycles. The Bertz CT molecular complexity index is 2060. The summed E-state index contributed by atoms with van der Waals surface area (Å²) in [7, 11) is 0. The maximum atomic E-state index is 13.9. The van der Waals surface area contributed by atoms with Crippen molar-refractivity contribution >= 4 is 11.8 Å². The van der Waals surface area contributed by atoms with Crippen LogP contribution in [0.1, 0.15) is 110 Å². The van der Waals surface area contributed by atoms with Crippen LogP contribution in [0.5, 0.6) is 0 Å². The Morgan fingerprint density at radius 2 is 1.17 bits per heavy atom. The number of benzene rings is 2. The summed E-state index contributed by atoms with van der Waals surface area (Å²) < 4.78 is 12.4. The summed E-state index contributed by atoms with van der Waals surface area (Å²) in [5.41, 5.74) is 2.24. The van der Waals surface area contributed by atoms with Gasteiger partial charge in [0.2, 0.25) is 0 Å². The van der Waals surface area contributed by atoms with E-state index in [0.717, 1.165) is 78.6 Å². The summed E-state index contributed by atoms with van der Waals surface area (Å²) in [6.45, 7) is 11.8. The molecule has 308 valence electrons. The molecule has 58 heavy (non-hydrogen) atoms. The number of imidazole rings is 2. The van der Waals surface area contributed by atoms with E-state index >= 15 is 0 Å². The molecule has 3 aliphatic heterocycles. The Hall–Kier alpha value is -4.36. The average molecular weight is 791 g/mol. The molecule has 6 N–H and O–H groups in total. The summed E-state index contributed by atoms with van der Waals surface area (Å²) in [5, 5.41) is 27.3. The highest BCUT2D eigenvalue weighted by Crippen LogP contribution is 2.76. The number of ether oxygens (including phenoxy) is 2. The monoisotopic (exact) mass is 790 g/mol. The Labute approximate surface area is 340 Å². The van der Waals surface area contributed by atoms with E-state index in [1.807, 2.05) is 24.5 Å². The zero-order chi connectivity index (χ0) is 40.8. The van der Waals surface area contributed by atoms with Gasteiger partial charge < -0.3 is 40.3 Å². The first-order valence-electron chi connectivity index (χ1n) is 21.1. The standard InChI is InChI=1S/C46H58N6O6/c1-42(2,3)36(51-40(55)45(24-53)30-15-18-32(57-45)19-16-30)38-47-22-33(49-38)28-11-7-26(8-12-28)27-9-13-29(14-10-27)34-23-48-39(50-34)37(43(4,5)6)52-41(56)46(25-54)44-21-31(44)17-20-35(44)58-46/h7-14,22-23,30-32,35-37,53-54H,15-21,24-25H2,1-6H3,(H,47,49)(H,48,50)(H,51,55)(H,52,56)/t30?,31?,32?,35?,36-,37-,44?,45?,46?/m1/s1. The Morgan fingerprint density at radius 1 is 0.690 bits per heavy atom. The maximum absolute atomic E-state index is 13.9. The lowest BCUT2D eigenvalue weighted by molar-refractivity contribution is -0.272. The number of rotatable bonds is 11. The predicted molar refractivity (Wildman–Crippen MR) is 219 cm³/mol. The minimum atomic E-state index is -1.21. The van der Waals surface area contributed by atoms with Crippen molar-refractivity contribution in [3.63, 3.8) is 0 Å². The molecule has 2 amide bonds. The topological polar surface area (TPSA) is 174 Å². The van der Waals surface area contributed by atoms with Crippen molar-refractivity contribution in [3.05, 3.63) is 72.6 Å². The molecule has 1 spiro atoms. The van der Waals surface area contributed by atoms with Crippen LogP contribution >= 0.6 is 0 Å². The third-order valence-electron chi connectivity index (χ3n) is 14.2. The number of hydrogen-bond donors (Lipinski definition) is 6. The molecule has 7 atom stereocenters. The first kappa shape index (κ1) is 39.1. The van der Waals surface area contributed by atoms with Gasteiger partial charge in [-0.1, -0.05) is 90.1 Å². The molecule has 3 saturated carbocycles. The number of amides is 2. The van der Waals surface area contributed by atoms with Crippen molar-refractivity contribution < 1.29 is 29.3 Å². The Balaban J connectivity index is 0.873. The van der Waals surface area contributed by atoms with Gasteiger partial charge in [-0.15, -0.1) is 0 Å². The molecule has 12 nitrogen and oxygen atoms in total. The molecular weight excluding hydrogens is 733 g/mol. The van der Waals surface area contributed by atoms with Gasteiger partial charge in [0.1, 0.15) is 11.6 Å². The van der Waals surface area contributed by atoms with Crippen molar-refractivity contribution in [1.82, 2.24) is 30.6 Å². The van der Waals surface area contributed by atoms with E-state index in [0.29, 0.717) is 17.6 Å². The van der Waals surface area contributed by atoms with Gasteiger partial charge in [0.05, 0.1) is 48.9 Å². The third-order valence-corrected chi connectivity index (χ3v) is 14.2. The van der Waals surface area contributed by atoms with Crippen molar-refractivity contribution in [2.45, 2.75) is 122 Å².